The monoisotopic (exact) mass is 305 g/mol. The van der Waals surface area contributed by atoms with E-state index in [0.717, 1.165) is 28.2 Å². The van der Waals surface area contributed by atoms with Gasteiger partial charge in [-0.1, -0.05) is 30.3 Å². The van der Waals surface area contributed by atoms with Crippen molar-refractivity contribution < 1.29 is 4.92 Å². The van der Waals surface area contributed by atoms with Crippen LogP contribution < -0.4 is 5.32 Å². The first-order valence-corrected chi connectivity index (χ1v) is 7.17. The van der Waals surface area contributed by atoms with Crippen LogP contribution in [-0.2, 0) is 0 Å². The van der Waals surface area contributed by atoms with Crippen LogP contribution in [0.25, 0.3) is 11.1 Å². The van der Waals surface area contributed by atoms with Gasteiger partial charge in [0.1, 0.15) is 5.82 Å². The van der Waals surface area contributed by atoms with E-state index >= 15 is 0 Å². The van der Waals surface area contributed by atoms with Crippen molar-refractivity contribution in [2.24, 2.45) is 0 Å². The standard InChI is InChI=1S/C18H15N3O2/c1-13-9-10-19-18(11-13)20-17-8-3-2-7-16(17)14-5-4-6-15(12-14)21(22)23/h2-12H,1H3,(H,19,20). The molecule has 5 nitrogen and oxygen atoms in total. The Labute approximate surface area is 133 Å². The molecule has 0 radical (unpaired) electrons. The van der Waals surface area contributed by atoms with E-state index in [1.165, 1.54) is 6.07 Å². The van der Waals surface area contributed by atoms with E-state index in [-0.39, 0.29) is 10.6 Å². The second-order valence-electron chi connectivity index (χ2n) is 5.20. The first-order valence-electron chi connectivity index (χ1n) is 7.17. The third kappa shape index (κ3) is 3.35. The molecule has 23 heavy (non-hydrogen) atoms. The van der Waals surface area contributed by atoms with Gasteiger partial charge in [0.05, 0.1) is 4.92 Å². The van der Waals surface area contributed by atoms with Gasteiger partial charge in [0.2, 0.25) is 0 Å². The highest BCUT2D eigenvalue weighted by molar-refractivity contribution is 5.81. The van der Waals surface area contributed by atoms with E-state index < -0.39 is 0 Å². The Hall–Kier alpha value is -3.21. The van der Waals surface area contributed by atoms with Gasteiger partial charge in [-0.15, -0.1) is 0 Å². The summed E-state index contributed by atoms with van der Waals surface area (Å²) in [4.78, 5) is 14.9. The Morgan fingerprint density at radius 3 is 2.65 bits per heavy atom. The quantitative estimate of drug-likeness (QED) is 0.560. The van der Waals surface area contributed by atoms with Crippen LogP contribution in [0.15, 0.2) is 66.9 Å². The van der Waals surface area contributed by atoms with Gasteiger partial charge in [-0.25, -0.2) is 4.98 Å². The molecule has 0 amide bonds. The molecule has 0 bridgehead atoms. The molecule has 0 atom stereocenters. The van der Waals surface area contributed by atoms with Crippen LogP contribution >= 0.6 is 0 Å². The lowest BCUT2D eigenvalue weighted by Gasteiger charge is -2.12. The van der Waals surface area contributed by atoms with E-state index in [9.17, 15) is 10.1 Å². The Morgan fingerprint density at radius 1 is 1.04 bits per heavy atom. The summed E-state index contributed by atoms with van der Waals surface area (Å²) >= 11 is 0. The van der Waals surface area contributed by atoms with Crippen molar-refractivity contribution in [2.45, 2.75) is 6.92 Å². The first-order chi connectivity index (χ1) is 11.1. The van der Waals surface area contributed by atoms with Gasteiger partial charge in [-0.05, 0) is 36.2 Å². The molecule has 0 aliphatic carbocycles. The van der Waals surface area contributed by atoms with E-state index in [4.69, 9.17) is 0 Å². The maximum Gasteiger partial charge on any atom is 0.270 e. The summed E-state index contributed by atoms with van der Waals surface area (Å²) in [5.74, 6) is 0.739. The van der Waals surface area contributed by atoms with E-state index in [1.54, 1.807) is 18.3 Å². The summed E-state index contributed by atoms with van der Waals surface area (Å²) in [7, 11) is 0. The molecule has 5 heteroatoms. The number of nitrogens with one attached hydrogen (secondary N) is 1. The SMILES string of the molecule is Cc1ccnc(Nc2ccccc2-c2cccc([N+](=O)[O-])c2)c1. The predicted octanol–water partition coefficient (Wildman–Crippen LogP) is 4.71. The van der Waals surface area contributed by atoms with Crippen molar-refractivity contribution in [2.75, 3.05) is 5.32 Å². The van der Waals surface area contributed by atoms with Gasteiger partial charge >= 0.3 is 0 Å². The molecule has 3 rings (SSSR count). The lowest BCUT2D eigenvalue weighted by Crippen LogP contribution is -1.96. The second-order valence-corrected chi connectivity index (χ2v) is 5.20. The maximum absolute atomic E-state index is 11.0. The van der Waals surface area contributed by atoms with Crippen molar-refractivity contribution in [3.05, 3.63) is 82.5 Å². The molecule has 0 saturated heterocycles. The van der Waals surface area contributed by atoms with Crippen LogP contribution in [0.1, 0.15) is 5.56 Å². The van der Waals surface area contributed by atoms with Crippen LogP contribution in [0.3, 0.4) is 0 Å². The molecule has 1 heterocycles. The van der Waals surface area contributed by atoms with Crippen molar-refractivity contribution in [1.29, 1.82) is 0 Å². The van der Waals surface area contributed by atoms with Crippen molar-refractivity contribution >= 4 is 17.2 Å². The van der Waals surface area contributed by atoms with Crippen LogP contribution in [-0.4, -0.2) is 9.91 Å². The Kier molecular flexibility index (Phi) is 4.01. The zero-order valence-corrected chi connectivity index (χ0v) is 12.6. The van der Waals surface area contributed by atoms with Gasteiger partial charge in [0, 0.05) is 29.6 Å². The van der Waals surface area contributed by atoms with Crippen LogP contribution in [0.4, 0.5) is 17.2 Å². The van der Waals surface area contributed by atoms with Gasteiger partial charge in [-0.3, -0.25) is 10.1 Å². The second kappa shape index (κ2) is 6.27. The molecule has 114 valence electrons. The van der Waals surface area contributed by atoms with Gasteiger partial charge in [0.25, 0.3) is 5.69 Å². The number of benzene rings is 2. The molecule has 2 aromatic carbocycles. The molecular formula is C18H15N3O2. The van der Waals surface area contributed by atoms with Crippen LogP contribution in [0.2, 0.25) is 0 Å². The Balaban J connectivity index is 2.01. The normalized spacial score (nSPS) is 10.3. The summed E-state index contributed by atoms with van der Waals surface area (Å²) in [5.41, 5.74) is 3.71. The molecular weight excluding hydrogens is 290 g/mol. The van der Waals surface area contributed by atoms with E-state index in [1.807, 2.05) is 49.4 Å². The predicted molar refractivity (Wildman–Crippen MR) is 90.8 cm³/mol. The number of hydrogen-bond acceptors (Lipinski definition) is 4. The number of hydrogen-bond donors (Lipinski definition) is 1. The number of anilines is 2. The highest BCUT2D eigenvalue weighted by atomic mass is 16.6. The number of nitro benzene ring substituents is 1. The highest BCUT2D eigenvalue weighted by Gasteiger charge is 2.10. The fourth-order valence-corrected chi connectivity index (χ4v) is 2.37. The summed E-state index contributed by atoms with van der Waals surface area (Å²) in [5, 5.41) is 14.3. The molecule has 0 aliphatic rings. The summed E-state index contributed by atoms with van der Waals surface area (Å²) in [6.45, 7) is 2.00. The van der Waals surface area contributed by atoms with Gasteiger partial charge < -0.3 is 5.32 Å². The molecule has 0 spiro atoms. The minimum Gasteiger partial charge on any atom is -0.340 e. The van der Waals surface area contributed by atoms with Crippen molar-refractivity contribution in [3.63, 3.8) is 0 Å². The third-order valence-corrected chi connectivity index (χ3v) is 3.47. The number of rotatable bonds is 4. The average Bonchev–Trinajstić information content (AvgIpc) is 2.55. The largest absolute Gasteiger partial charge is 0.340 e. The molecule has 3 aromatic rings. The fourth-order valence-electron chi connectivity index (χ4n) is 2.37. The van der Waals surface area contributed by atoms with E-state index in [0.29, 0.717) is 0 Å². The van der Waals surface area contributed by atoms with E-state index in [2.05, 4.69) is 10.3 Å². The molecule has 1 N–H and O–H groups in total. The molecule has 1 aromatic heterocycles. The maximum atomic E-state index is 11.0. The average molecular weight is 305 g/mol. The number of nitro groups is 1. The summed E-state index contributed by atoms with van der Waals surface area (Å²) < 4.78 is 0. The first kappa shape index (κ1) is 14.7. The lowest BCUT2D eigenvalue weighted by molar-refractivity contribution is -0.384. The Bertz CT molecular complexity index is 862. The Morgan fingerprint density at radius 2 is 1.87 bits per heavy atom. The van der Waals surface area contributed by atoms with Crippen LogP contribution in [0.5, 0.6) is 0 Å². The smallest absolute Gasteiger partial charge is 0.270 e. The number of nitrogens with zero attached hydrogens (tertiary/aromatic N) is 2. The zero-order valence-electron chi connectivity index (χ0n) is 12.6. The topological polar surface area (TPSA) is 68.1 Å². The molecule has 0 fully saturated rings. The van der Waals surface area contributed by atoms with Crippen molar-refractivity contribution in [1.82, 2.24) is 4.98 Å². The third-order valence-electron chi connectivity index (χ3n) is 3.47. The molecule has 0 unspecified atom stereocenters. The minimum atomic E-state index is -0.387. The van der Waals surface area contributed by atoms with Crippen LogP contribution in [0, 0.1) is 17.0 Å². The van der Waals surface area contributed by atoms with Gasteiger partial charge in [-0.2, -0.15) is 0 Å². The minimum absolute atomic E-state index is 0.0750. The summed E-state index contributed by atoms with van der Waals surface area (Å²) in [6, 6.07) is 18.2. The summed E-state index contributed by atoms with van der Waals surface area (Å²) in [6.07, 6.45) is 1.74. The number of aromatic nitrogens is 1. The molecule has 0 aliphatic heterocycles. The molecule has 0 saturated carbocycles. The zero-order chi connectivity index (χ0) is 16.2. The fraction of sp³-hybridized carbons (Fsp3) is 0.0556. The number of non-ortho nitro benzene ring substituents is 1. The highest BCUT2D eigenvalue weighted by Crippen LogP contribution is 2.31. The number of para-hydroxylation sites is 1. The van der Waals surface area contributed by atoms with Crippen molar-refractivity contribution in [3.8, 4) is 11.1 Å². The lowest BCUT2D eigenvalue weighted by atomic mass is 10.0. The van der Waals surface area contributed by atoms with Gasteiger partial charge in [0.15, 0.2) is 0 Å². The number of pyridine rings is 1. The number of aryl methyl sites for hydroxylation is 1.